The van der Waals surface area contributed by atoms with Crippen molar-refractivity contribution in [2.45, 2.75) is 37.2 Å². The minimum atomic E-state index is -3.74. The van der Waals surface area contributed by atoms with Gasteiger partial charge in [-0.05, 0) is 61.7 Å². The Morgan fingerprint density at radius 3 is 2.34 bits per heavy atom. The Morgan fingerprint density at radius 1 is 1.11 bits per heavy atom. The van der Waals surface area contributed by atoms with Crippen LogP contribution < -0.4 is 0 Å². The van der Waals surface area contributed by atoms with Gasteiger partial charge in [0.05, 0.1) is 23.8 Å². The Labute approximate surface area is 229 Å². The number of methoxy groups -OCH3 is 1. The van der Waals surface area contributed by atoms with Gasteiger partial charge in [-0.1, -0.05) is 23.7 Å². The van der Waals surface area contributed by atoms with Gasteiger partial charge in [-0.2, -0.15) is 8.61 Å². The molecular formula is C25H33ClFN3O6S2. The first-order valence-electron chi connectivity index (χ1n) is 12.2. The van der Waals surface area contributed by atoms with Crippen molar-refractivity contribution < 1.29 is 30.8 Å². The maximum Gasteiger partial charge on any atom is 0.243 e. The van der Waals surface area contributed by atoms with E-state index < -0.39 is 38.3 Å². The molecule has 1 amide bonds. The molecule has 1 saturated heterocycles. The Kier molecular flexibility index (Phi) is 10.7. The normalized spacial score (nSPS) is 15.6. The lowest BCUT2D eigenvalue weighted by molar-refractivity contribution is -0.135. The molecule has 0 aliphatic carbocycles. The van der Waals surface area contributed by atoms with Gasteiger partial charge in [0, 0.05) is 44.4 Å². The van der Waals surface area contributed by atoms with Crippen molar-refractivity contribution in [3.05, 3.63) is 64.9 Å². The second-order valence-corrected chi connectivity index (χ2v) is 13.6. The number of sulfonamides is 2. The molecule has 1 heterocycles. The average Bonchev–Trinajstić information content (AvgIpc) is 2.90. The lowest BCUT2D eigenvalue weighted by atomic mass is 10.0. The van der Waals surface area contributed by atoms with Gasteiger partial charge in [-0.3, -0.25) is 4.79 Å². The summed E-state index contributed by atoms with van der Waals surface area (Å²) >= 11 is 5.89. The molecule has 2 aromatic rings. The zero-order valence-electron chi connectivity index (χ0n) is 21.4. The van der Waals surface area contributed by atoms with Crippen molar-refractivity contribution in [3.63, 3.8) is 0 Å². The minimum absolute atomic E-state index is 0.0179. The maximum atomic E-state index is 13.9. The van der Waals surface area contributed by atoms with Crippen LogP contribution in [0.1, 0.15) is 25.3 Å². The molecule has 0 bridgehead atoms. The molecule has 1 aliphatic heterocycles. The van der Waals surface area contributed by atoms with Crippen LogP contribution in [0, 0.1) is 5.82 Å². The summed E-state index contributed by atoms with van der Waals surface area (Å²) in [4.78, 5) is 15.2. The van der Waals surface area contributed by atoms with E-state index in [9.17, 15) is 26.0 Å². The van der Waals surface area contributed by atoms with Gasteiger partial charge >= 0.3 is 0 Å². The van der Waals surface area contributed by atoms with E-state index >= 15 is 0 Å². The molecule has 2 aromatic carbocycles. The predicted octanol–water partition coefficient (Wildman–Crippen LogP) is 2.96. The minimum Gasteiger partial charge on any atom is -0.383 e. The Bertz CT molecular complexity index is 1300. The van der Waals surface area contributed by atoms with Crippen LogP contribution in [-0.2, 0) is 36.1 Å². The fourth-order valence-corrected chi connectivity index (χ4v) is 6.96. The summed E-state index contributed by atoms with van der Waals surface area (Å²) in [6.07, 6.45) is 0.680. The van der Waals surface area contributed by atoms with Crippen LogP contribution in [0.5, 0.6) is 0 Å². The topological polar surface area (TPSA) is 104 Å². The summed E-state index contributed by atoms with van der Waals surface area (Å²) in [5.41, 5.74) is 0.552. The number of hydrogen-bond donors (Lipinski definition) is 0. The number of nitrogens with zero attached hydrogens (tertiary/aromatic N) is 3. The van der Waals surface area contributed by atoms with E-state index in [4.69, 9.17) is 16.3 Å². The van der Waals surface area contributed by atoms with E-state index in [0.29, 0.717) is 23.4 Å². The van der Waals surface area contributed by atoms with Crippen molar-refractivity contribution in [1.82, 2.24) is 13.5 Å². The average molecular weight is 590 g/mol. The van der Waals surface area contributed by atoms with E-state index in [0.717, 1.165) is 4.31 Å². The summed E-state index contributed by atoms with van der Waals surface area (Å²) in [6, 6.07) is 11.4. The quantitative estimate of drug-likeness (QED) is 0.377. The van der Waals surface area contributed by atoms with Gasteiger partial charge in [0.2, 0.25) is 26.0 Å². The van der Waals surface area contributed by atoms with Crippen LogP contribution in [-0.4, -0.2) is 87.9 Å². The highest BCUT2D eigenvalue weighted by molar-refractivity contribution is 7.89. The fraction of sp³-hybridized carbons (Fsp3) is 0.480. The molecule has 0 aromatic heterocycles. The Hall–Kier alpha value is -2.09. The van der Waals surface area contributed by atoms with Gasteiger partial charge in [-0.15, -0.1) is 0 Å². The van der Waals surface area contributed by atoms with Crippen molar-refractivity contribution >= 4 is 37.6 Å². The number of halogens is 2. The smallest absolute Gasteiger partial charge is 0.243 e. The molecule has 13 heteroatoms. The first-order chi connectivity index (χ1) is 18.0. The molecule has 0 N–H and O–H groups in total. The van der Waals surface area contributed by atoms with Gasteiger partial charge in [0.25, 0.3) is 0 Å². The number of carbonyl (C=O) groups excluding carboxylic acids is 1. The summed E-state index contributed by atoms with van der Waals surface area (Å²) in [5.74, 6) is -1.06. The molecule has 0 radical (unpaired) electrons. The Balaban J connectivity index is 1.81. The fourth-order valence-electron chi connectivity index (χ4n) is 4.34. The number of rotatable bonds is 12. The molecular weight excluding hydrogens is 557 g/mol. The number of amides is 1. The van der Waals surface area contributed by atoms with Gasteiger partial charge < -0.3 is 9.64 Å². The van der Waals surface area contributed by atoms with Crippen LogP contribution in [0.3, 0.4) is 0 Å². The third kappa shape index (κ3) is 7.73. The SMILES string of the molecule is CCS(=O)(=O)N(CCOC)CC(=O)N(Cc1cccc(F)c1)C1CCN(S(=O)(=O)c2ccc(Cl)cc2)CC1. The van der Waals surface area contributed by atoms with Crippen molar-refractivity contribution in [1.29, 1.82) is 0 Å². The van der Waals surface area contributed by atoms with Crippen molar-refractivity contribution in [2.75, 3.05) is 45.6 Å². The zero-order chi connectivity index (χ0) is 27.9. The second kappa shape index (κ2) is 13.3. The molecule has 0 saturated carbocycles. The number of piperidine rings is 1. The third-order valence-corrected chi connectivity index (χ3v) is 10.5. The van der Waals surface area contributed by atoms with E-state index in [2.05, 4.69) is 0 Å². The highest BCUT2D eigenvalue weighted by atomic mass is 35.5. The number of ether oxygens (including phenoxy) is 1. The molecule has 3 rings (SSSR count). The summed E-state index contributed by atoms with van der Waals surface area (Å²) in [5, 5.41) is 0.429. The van der Waals surface area contributed by atoms with Gasteiger partial charge in [-0.25, -0.2) is 21.2 Å². The van der Waals surface area contributed by atoms with E-state index in [1.165, 1.54) is 59.6 Å². The highest BCUT2D eigenvalue weighted by Crippen LogP contribution is 2.26. The molecule has 9 nitrogen and oxygen atoms in total. The molecule has 1 fully saturated rings. The first kappa shape index (κ1) is 30.5. The molecule has 0 atom stereocenters. The molecule has 210 valence electrons. The lowest BCUT2D eigenvalue weighted by Crippen LogP contribution is -2.51. The van der Waals surface area contributed by atoms with Crippen LogP contribution >= 0.6 is 11.6 Å². The first-order valence-corrected chi connectivity index (χ1v) is 15.7. The van der Waals surface area contributed by atoms with Crippen LogP contribution in [0.15, 0.2) is 53.4 Å². The molecule has 1 aliphatic rings. The van der Waals surface area contributed by atoms with Crippen molar-refractivity contribution in [3.8, 4) is 0 Å². The summed E-state index contributed by atoms with van der Waals surface area (Å²) in [6.45, 7) is 1.66. The monoisotopic (exact) mass is 589 g/mol. The third-order valence-electron chi connectivity index (χ3n) is 6.49. The van der Waals surface area contributed by atoms with Crippen LogP contribution in [0.25, 0.3) is 0 Å². The largest absolute Gasteiger partial charge is 0.383 e. The van der Waals surface area contributed by atoms with E-state index in [1.807, 2.05) is 0 Å². The zero-order valence-corrected chi connectivity index (χ0v) is 23.8. The number of benzene rings is 2. The standard InChI is InChI=1S/C25H33ClFN3O6S2/c1-3-37(32,33)29(15-16-36-2)19-25(31)30(18-20-5-4-6-22(27)17-20)23-11-13-28(14-12-23)38(34,35)24-9-7-21(26)8-10-24/h4-10,17,23H,3,11-16,18-19H2,1-2H3. The number of hydrogen-bond acceptors (Lipinski definition) is 6. The summed E-state index contributed by atoms with van der Waals surface area (Å²) < 4.78 is 72.8. The Morgan fingerprint density at radius 2 is 1.76 bits per heavy atom. The highest BCUT2D eigenvalue weighted by Gasteiger charge is 2.35. The van der Waals surface area contributed by atoms with Crippen LogP contribution in [0.4, 0.5) is 4.39 Å². The molecule has 0 spiro atoms. The van der Waals surface area contributed by atoms with Crippen molar-refractivity contribution in [2.24, 2.45) is 0 Å². The predicted molar refractivity (Wildman–Crippen MR) is 143 cm³/mol. The molecule has 38 heavy (non-hydrogen) atoms. The summed E-state index contributed by atoms with van der Waals surface area (Å²) in [7, 11) is -5.98. The lowest BCUT2D eigenvalue weighted by Gasteiger charge is -2.39. The van der Waals surface area contributed by atoms with E-state index in [1.54, 1.807) is 12.1 Å². The molecule has 0 unspecified atom stereocenters. The number of carbonyl (C=O) groups is 1. The van der Waals surface area contributed by atoms with Crippen LogP contribution in [0.2, 0.25) is 5.02 Å². The van der Waals surface area contributed by atoms with E-state index in [-0.39, 0.29) is 49.5 Å². The van der Waals surface area contributed by atoms with Gasteiger partial charge in [0.15, 0.2) is 0 Å². The maximum absolute atomic E-state index is 13.9. The van der Waals surface area contributed by atoms with Gasteiger partial charge in [0.1, 0.15) is 5.82 Å². The second-order valence-electron chi connectivity index (χ2n) is 8.97.